The minimum Gasteiger partial charge on any atom is -0.504 e. The predicted octanol–water partition coefficient (Wildman–Crippen LogP) is 5.43. The summed E-state index contributed by atoms with van der Waals surface area (Å²) in [5, 5.41) is 24.7. The van der Waals surface area contributed by atoms with Crippen molar-refractivity contribution in [2.75, 3.05) is 5.32 Å². The van der Waals surface area contributed by atoms with Crippen LogP contribution in [0.5, 0.6) is 5.75 Å². The Morgan fingerprint density at radius 3 is 2.56 bits per heavy atom. The van der Waals surface area contributed by atoms with E-state index in [0.29, 0.717) is 22.3 Å². The smallest absolute Gasteiger partial charge is 0.419 e. The summed E-state index contributed by atoms with van der Waals surface area (Å²) in [7, 11) is 0. The number of aromatic nitrogens is 2. The van der Waals surface area contributed by atoms with Crippen LogP contribution < -0.4 is 5.32 Å². The van der Waals surface area contributed by atoms with E-state index in [2.05, 4.69) is 15.3 Å². The van der Waals surface area contributed by atoms with Gasteiger partial charge in [-0.15, -0.1) is 0 Å². The lowest BCUT2D eigenvalue weighted by Gasteiger charge is -2.44. The van der Waals surface area contributed by atoms with Crippen molar-refractivity contribution in [3.8, 4) is 5.75 Å². The van der Waals surface area contributed by atoms with Crippen LogP contribution in [0.3, 0.4) is 0 Å². The molecule has 9 heteroatoms. The summed E-state index contributed by atoms with van der Waals surface area (Å²) >= 11 is 0. The molecule has 0 saturated carbocycles. The first-order chi connectivity index (χ1) is 14.9. The van der Waals surface area contributed by atoms with E-state index in [1.807, 2.05) is 0 Å². The Morgan fingerprint density at radius 1 is 1.19 bits per heavy atom. The lowest BCUT2D eigenvalue weighted by atomic mass is 9.71. The van der Waals surface area contributed by atoms with Crippen molar-refractivity contribution in [1.82, 2.24) is 9.97 Å². The summed E-state index contributed by atoms with van der Waals surface area (Å²) in [4.78, 5) is 8.41. The second kappa shape index (κ2) is 7.44. The number of hydrogen-bond donors (Lipinski definition) is 3. The highest BCUT2D eigenvalue weighted by Crippen LogP contribution is 2.55. The first-order valence-corrected chi connectivity index (χ1v) is 9.90. The molecule has 168 valence electrons. The third-order valence-corrected chi connectivity index (χ3v) is 5.84. The number of nitrogens with one attached hydrogen (secondary N) is 1. The van der Waals surface area contributed by atoms with Crippen LogP contribution in [0.1, 0.15) is 43.3 Å². The van der Waals surface area contributed by atoms with E-state index >= 15 is 0 Å². The average Bonchev–Trinajstić information content (AvgIpc) is 2.71. The van der Waals surface area contributed by atoms with Crippen LogP contribution in [0.4, 0.5) is 23.2 Å². The molecule has 1 aromatic heterocycles. The monoisotopic (exact) mass is 447 g/mol. The van der Waals surface area contributed by atoms with Crippen molar-refractivity contribution in [3.63, 3.8) is 0 Å². The third kappa shape index (κ3) is 3.37. The average molecular weight is 447 g/mol. The van der Waals surface area contributed by atoms with Gasteiger partial charge in [-0.25, -0.2) is 14.4 Å². The topological polar surface area (TPSA) is 78.3 Å². The fourth-order valence-corrected chi connectivity index (χ4v) is 4.17. The Hall–Kier alpha value is -3.20. The summed E-state index contributed by atoms with van der Waals surface area (Å²) in [5.41, 5.74) is -2.05. The van der Waals surface area contributed by atoms with Gasteiger partial charge >= 0.3 is 6.18 Å². The zero-order valence-corrected chi connectivity index (χ0v) is 17.5. The number of rotatable bonds is 2. The number of allylic oxidation sites excluding steroid dienone is 1. The van der Waals surface area contributed by atoms with Gasteiger partial charge in [-0.3, -0.25) is 0 Å². The van der Waals surface area contributed by atoms with Crippen LogP contribution >= 0.6 is 0 Å². The molecule has 2 aromatic carbocycles. The molecule has 1 heterocycles. The van der Waals surface area contributed by atoms with Gasteiger partial charge in [0, 0.05) is 29.3 Å². The number of hydrogen-bond acceptors (Lipinski definition) is 5. The first kappa shape index (κ1) is 22.0. The number of aromatic hydroxyl groups is 1. The largest absolute Gasteiger partial charge is 0.504 e. The minimum absolute atomic E-state index is 0.0382. The van der Waals surface area contributed by atoms with Crippen molar-refractivity contribution in [1.29, 1.82) is 0 Å². The molecule has 32 heavy (non-hydrogen) atoms. The highest BCUT2D eigenvalue weighted by atomic mass is 19.4. The van der Waals surface area contributed by atoms with Gasteiger partial charge in [0.1, 0.15) is 5.82 Å². The van der Waals surface area contributed by atoms with Crippen LogP contribution in [0, 0.1) is 12.7 Å². The summed E-state index contributed by atoms with van der Waals surface area (Å²) in [5.74, 6) is -1.20. The van der Waals surface area contributed by atoms with Crippen LogP contribution in [0.2, 0.25) is 0 Å². The normalized spacial score (nSPS) is 20.9. The standard InChI is InChI=1S/C23H21F4N3O2/c1-11(2)14-9-22(32,23(25,26)27)21(13-7-8-16(24)20(31)19(13)14)30-18-6-4-5-17-15(18)10-28-12(3)29-17/h4-8,10,21,30-32H,9H2,1-3H3/t21-,22-/m0/s1. The number of alkyl halides is 3. The van der Waals surface area contributed by atoms with Crippen molar-refractivity contribution >= 4 is 22.2 Å². The number of phenolic OH excluding ortho intramolecular Hbond substituents is 1. The quantitative estimate of drug-likeness (QED) is 0.457. The maximum absolute atomic E-state index is 14.3. The van der Waals surface area contributed by atoms with Crippen LogP contribution in [0.15, 0.2) is 42.1 Å². The molecule has 5 nitrogen and oxygen atoms in total. The molecular weight excluding hydrogens is 426 g/mol. The zero-order valence-electron chi connectivity index (χ0n) is 17.5. The maximum atomic E-state index is 14.3. The number of phenols is 1. The molecule has 0 aliphatic heterocycles. The molecule has 3 aromatic rings. The van der Waals surface area contributed by atoms with Crippen molar-refractivity contribution < 1.29 is 27.8 Å². The number of aliphatic hydroxyl groups is 1. The molecule has 4 rings (SSSR count). The van der Waals surface area contributed by atoms with Gasteiger partial charge in [0.15, 0.2) is 17.2 Å². The lowest BCUT2D eigenvalue weighted by Crippen LogP contribution is -2.54. The number of aryl methyl sites for hydroxylation is 1. The molecule has 0 bridgehead atoms. The molecule has 0 fully saturated rings. The minimum atomic E-state index is -5.02. The van der Waals surface area contributed by atoms with E-state index in [0.717, 1.165) is 12.1 Å². The summed E-state index contributed by atoms with van der Waals surface area (Å²) in [6.07, 6.45) is -4.38. The molecular formula is C23H21F4N3O2. The SMILES string of the molecule is CC(C)=C1C[C@@](O)(C(F)(F)F)[C@@H](Nc2cccc3nc(C)ncc23)c2ccc(F)c(O)c21. The molecule has 1 aliphatic carbocycles. The lowest BCUT2D eigenvalue weighted by molar-refractivity contribution is -0.265. The summed E-state index contributed by atoms with van der Waals surface area (Å²) in [6, 6.07) is 5.20. The van der Waals surface area contributed by atoms with Crippen molar-refractivity contribution in [3.05, 3.63) is 64.9 Å². The van der Waals surface area contributed by atoms with E-state index < -0.39 is 35.8 Å². The Bertz CT molecular complexity index is 1250. The van der Waals surface area contributed by atoms with E-state index in [1.54, 1.807) is 39.0 Å². The molecule has 1 aliphatic rings. The predicted molar refractivity (Wildman–Crippen MR) is 113 cm³/mol. The number of nitrogens with zero attached hydrogens (tertiary/aromatic N) is 2. The van der Waals surface area contributed by atoms with Crippen molar-refractivity contribution in [2.45, 2.75) is 45.0 Å². The number of benzene rings is 2. The van der Waals surface area contributed by atoms with Crippen LogP contribution in [0.25, 0.3) is 16.5 Å². The Morgan fingerprint density at radius 2 is 1.91 bits per heavy atom. The molecule has 0 unspecified atom stereocenters. The fraction of sp³-hybridized carbons (Fsp3) is 0.304. The molecule has 0 amide bonds. The second-order valence-electron chi connectivity index (χ2n) is 8.17. The van der Waals surface area contributed by atoms with E-state index in [9.17, 15) is 27.8 Å². The van der Waals surface area contributed by atoms with Crippen LogP contribution in [-0.2, 0) is 0 Å². The Balaban J connectivity index is 1.98. The Labute approximate surface area is 181 Å². The number of halogens is 4. The van der Waals surface area contributed by atoms with Crippen LogP contribution in [-0.4, -0.2) is 32.0 Å². The summed E-state index contributed by atoms with van der Waals surface area (Å²) < 4.78 is 57.0. The molecule has 0 radical (unpaired) electrons. The molecule has 3 N–H and O–H groups in total. The van der Waals surface area contributed by atoms with Gasteiger partial charge < -0.3 is 15.5 Å². The van der Waals surface area contributed by atoms with Gasteiger partial charge in [-0.2, -0.15) is 13.2 Å². The molecule has 0 spiro atoms. The fourth-order valence-electron chi connectivity index (χ4n) is 4.17. The highest BCUT2D eigenvalue weighted by Gasteiger charge is 2.62. The van der Waals surface area contributed by atoms with E-state index in [4.69, 9.17) is 0 Å². The Kier molecular flexibility index (Phi) is 5.12. The van der Waals surface area contributed by atoms with E-state index in [1.165, 1.54) is 6.20 Å². The molecule has 2 atom stereocenters. The van der Waals surface area contributed by atoms with Gasteiger partial charge in [0.2, 0.25) is 0 Å². The third-order valence-electron chi connectivity index (χ3n) is 5.84. The van der Waals surface area contributed by atoms with Gasteiger partial charge in [0.25, 0.3) is 0 Å². The van der Waals surface area contributed by atoms with Crippen molar-refractivity contribution in [2.24, 2.45) is 0 Å². The van der Waals surface area contributed by atoms with Gasteiger partial charge in [0.05, 0.1) is 11.6 Å². The van der Waals surface area contributed by atoms with E-state index in [-0.39, 0.29) is 22.4 Å². The number of anilines is 1. The second-order valence-corrected chi connectivity index (χ2v) is 8.17. The highest BCUT2D eigenvalue weighted by molar-refractivity contribution is 5.91. The first-order valence-electron chi connectivity index (χ1n) is 9.90. The van der Waals surface area contributed by atoms with Gasteiger partial charge in [-0.05, 0) is 50.1 Å². The number of fused-ring (bicyclic) bond motifs is 2. The van der Waals surface area contributed by atoms with Gasteiger partial charge in [-0.1, -0.05) is 17.7 Å². The summed E-state index contributed by atoms with van der Waals surface area (Å²) in [6.45, 7) is 4.80. The maximum Gasteiger partial charge on any atom is 0.419 e. The molecule has 0 saturated heterocycles. The zero-order chi connectivity index (χ0) is 23.4.